The molecule has 0 saturated heterocycles. The van der Waals surface area contributed by atoms with Crippen LogP contribution < -0.4 is 5.32 Å². The van der Waals surface area contributed by atoms with Gasteiger partial charge in [0.2, 0.25) is 0 Å². The molecule has 3 nitrogen and oxygen atoms in total. The summed E-state index contributed by atoms with van der Waals surface area (Å²) in [5.74, 6) is 0.915. The van der Waals surface area contributed by atoms with Gasteiger partial charge >= 0.3 is 0 Å². The van der Waals surface area contributed by atoms with E-state index in [2.05, 4.69) is 12.2 Å². The third kappa shape index (κ3) is 4.88. The summed E-state index contributed by atoms with van der Waals surface area (Å²) in [6.07, 6.45) is 6.93. The summed E-state index contributed by atoms with van der Waals surface area (Å²) in [6.45, 7) is 6.79. The van der Waals surface area contributed by atoms with Crippen molar-refractivity contribution in [1.82, 2.24) is 5.32 Å². The van der Waals surface area contributed by atoms with E-state index in [1.54, 1.807) is 13.8 Å². The molecule has 2 unspecified atom stereocenters. The molecule has 0 aromatic carbocycles. The molecule has 1 fully saturated rings. The first kappa shape index (κ1) is 16.0. The van der Waals surface area contributed by atoms with E-state index >= 15 is 0 Å². The fourth-order valence-electron chi connectivity index (χ4n) is 2.70. The first-order chi connectivity index (χ1) is 8.47. The molecule has 0 aliphatic heterocycles. The zero-order chi connectivity index (χ0) is 13.6. The minimum Gasteiger partial charge on any atom is -0.314 e. The number of hydrogen-bond acceptors (Lipinski definition) is 3. The molecule has 108 valence electrons. The fourth-order valence-corrected chi connectivity index (χ4v) is 3.81. The second kappa shape index (κ2) is 7.49. The summed E-state index contributed by atoms with van der Waals surface area (Å²) in [6, 6.07) is 0.543. The highest BCUT2D eigenvalue weighted by molar-refractivity contribution is 7.91. The third-order valence-corrected chi connectivity index (χ3v) is 6.30. The van der Waals surface area contributed by atoms with Crippen LogP contribution in [0.25, 0.3) is 0 Å². The van der Waals surface area contributed by atoms with Crippen molar-refractivity contribution in [3.63, 3.8) is 0 Å². The maximum atomic E-state index is 11.9. The number of nitrogens with one attached hydrogen (secondary N) is 1. The molecule has 0 spiro atoms. The quantitative estimate of drug-likeness (QED) is 0.777. The van der Waals surface area contributed by atoms with Crippen molar-refractivity contribution in [3.8, 4) is 0 Å². The van der Waals surface area contributed by atoms with E-state index in [0.29, 0.717) is 17.7 Å². The SMILES string of the molecule is CCCNC1CCCCC1CCS(=O)(=O)C(C)C. The number of hydrogen-bond donors (Lipinski definition) is 1. The highest BCUT2D eigenvalue weighted by atomic mass is 32.2. The van der Waals surface area contributed by atoms with E-state index in [4.69, 9.17) is 0 Å². The summed E-state index contributed by atoms with van der Waals surface area (Å²) < 4.78 is 23.7. The van der Waals surface area contributed by atoms with Gasteiger partial charge in [0.05, 0.1) is 11.0 Å². The Balaban J connectivity index is 2.47. The largest absolute Gasteiger partial charge is 0.314 e. The molecule has 18 heavy (non-hydrogen) atoms. The van der Waals surface area contributed by atoms with Crippen LogP contribution in [0.4, 0.5) is 0 Å². The molecular formula is C14H29NO2S. The Bertz CT molecular complexity index is 325. The lowest BCUT2D eigenvalue weighted by Crippen LogP contribution is -2.39. The molecule has 0 heterocycles. The average Bonchev–Trinajstić information content (AvgIpc) is 2.34. The summed E-state index contributed by atoms with van der Waals surface area (Å²) >= 11 is 0. The standard InChI is InChI=1S/C14H29NO2S/c1-4-10-15-14-8-6-5-7-13(14)9-11-18(16,17)12(2)3/h12-15H,4-11H2,1-3H3. The van der Waals surface area contributed by atoms with Crippen molar-refractivity contribution in [2.75, 3.05) is 12.3 Å². The van der Waals surface area contributed by atoms with Gasteiger partial charge in [-0.2, -0.15) is 0 Å². The minimum atomic E-state index is -2.87. The number of rotatable bonds is 7. The van der Waals surface area contributed by atoms with E-state index in [-0.39, 0.29) is 5.25 Å². The van der Waals surface area contributed by atoms with Gasteiger partial charge in [0.15, 0.2) is 9.84 Å². The molecule has 1 N–H and O–H groups in total. The molecule has 0 amide bonds. The van der Waals surface area contributed by atoms with Crippen LogP contribution in [0.2, 0.25) is 0 Å². The Hall–Kier alpha value is -0.0900. The summed E-state index contributed by atoms with van der Waals surface area (Å²) in [5.41, 5.74) is 0. The molecule has 0 aromatic rings. The third-order valence-electron chi connectivity index (χ3n) is 4.06. The van der Waals surface area contributed by atoms with E-state index in [9.17, 15) is 8.42 Å². The van der Waals surface area contributed by atoms with E-state index < -0.39 is 9.84 Å². The van der Waals surface area contributed by atoms with Crippen molar-refractivity contribution in [3.05, 3.63) is 0 Å². The van der Waals surface area contributed by atoms with Gasteiger partial charge in [0.25, 0.3) is 0 Å². The van der Waals surface area contributed by atoms with Gasteiger partial charge in [0.1, 0.15) is 0 Å². The highest BCUT2D eigenvalue weighted by Gasteiger charge is 2.26. The Morgan fingerprint density at radius 3 is 2.50 bits per heavy atom. The monoisotopic (exact) mass is 275 g/mol. The Kier molecular flexibility index (Phi) is 6.64. The van der Waals surface area contributed by atoms with Crippen molar-refractivity contribution in [2.45, 2.75) is 70.6 Å². The van der Waals surface area contributed by atoms with Crippen LogP contribution >= 0.6 is 0 Å². The van der Waals surface area contributed by atoms with Gasteiger partial charge in [-0.25, -0.2) is 8.42 Å². The van der Waals surface area contributed by atoms with E-state index in [1.165, 1.54) is 25.7 Å². The van der Waals surface area contributed by atoms with Crippen molar-refractivity contribution >= 4 is 9.84 Å². The fraction of sp³-hybridized carbons (Fsp3) is 1.00. The van der Waals surface area contributed by atoms with Crippen LogP contribution in [0.1, 0.15) is 59.3 Å². The average molecular weight is 275 g/mol. The van der Waals surface area contributed by atoms with Crippen LogP contribution in [-0.2, 0) is 9.84 Å². The van der Waals surface area contributed by atoms with Gasteiger partial charge in [-0.05, 0) is 52.0 Å². The van der Waals surface area contributed by atoms with Crippen molar-refractivity contribution in [2.24, 2.45) is 5.92 Å². The predicted octanol–water partition coefficient (Wildman–Crippen LogP) is 2.76. The lowest BCUT2D eigenvalue weighted by molar-refractivity contribution is 0.257. The first-order valence-electron chi connectivity index (χ1n) is 7.42. The number of sulfone groups is 1. The molecule has 0 radical (unpaired) electrons. The molecule has 1 aliphatic carbocycles. The smallest absolute Gasteiger partial charge is 0.152 e. The van der Waals surface area contributed by atoms with E-state index in [0.717, 1.165) is 19.4 Å². The topological polar surface area (TPSA) is 46.2 Å². The van der Waals surface area contributed by atoms with Crippen molar-refractivity contribution < 1.29 is 8.42 Å². The van der Waals surface area contributed by atoms with E-state index in [1.807, 2.05) is 0 Å². The zero-order valence-corrected chi connectivity index (χ0v) is 12.9. The Morgan fingerprint density at radius 1 is 1.22 bits per heavy atom. The second-order valence-corrected chi connectivity index (χ2v) is 8.49. The van der Waals surface area contributed by atoms with Gasteiger partial charge < -0.3 is 5.32 Å². The molecule has 0 bridgehead atoms. The van der Waals surface area contributed by atoms with Crippen molar-refractivity contribution in [1.29, 1.82) is 0 Å². The van der Waals surface area contributed by atoms with Gasteiger partial charge in [-0.1, -0.05) is 19.8 Å². The first-order valence-corrected chi connectivity index (χ1v) is 9.14. The molecule has 1 saturated carbocycles. The molecule has 4 heteroatoms. The van der Waals surface area contributed by atoms with Gasteiger partial charge in [-0.3, -0.25) is 0 Å². The maximum absolute atomic E-state index is 11.9. The zero-order valence-electron chi connectivity index (χ0n) is 12.1. The van der Waals surface area contributed by atoms with Gasteiger partial charge in [-0.15, -0.1) is 0 Å². The second-order valence-electron chi connectivity index (χ2n) is 5.81. The Labute approximate surface area is 113 Å². The van der Waals surface area contributed by atoms with Crippen LogP contribution in [0, 0.1) is 5.92 Å². The van der Waals surface area contributed by atoms with Crippen LogP contribution in [0.3, 0.4) is 0 Å². The molecule has 1 aliphatic rings. The minimum absolute atomic E-state index is 0.233. The normalized spacial score (nSPS) is 25.6. The summed E-state index contributed by atoms with van der Waals surface area (Å²) in [5, 5.41) is 3.36. The molecule has 0 aromatic heterocycles. The lowest BCUT2D eigenvalue weighted by Gasteiger charge is -2.32. The lowest BCUT2D eigenvalue weighted by atomic mass is 9.83. The summed E-state index contributed by atoms with van der Waals surface area (Å²) in [7, 11) is -2.87. The molecule has 1 rings (SSSR count). The van der Waals surface area contributed by atoms with Crippen LogP contribution in [0.5, 0.6) is 0 Å². The molecule has 2 atom stereocenters. The predicted molar refractivity (Wildman–Crippen MR) is 77.6 cm³/mol. The Morgan fingerprint density at radius 2 is 1.89 bits per heavy atom. The van der Waals surface area contributed by atoms with Gasteiger partial charge in [0, 0.05) is 6.04 Å². The highest BCUT2D eigenvalue weighted by Crippen LogP contribution is 2.27. The summed E-state index contributed by atoms with van der Waals surface area (Å²) in [4.78, 5) is 0. The van der Waals surface area contributed by atoms with Crippen LogP contribution in [0.15, 0.2) is 0 Å². The maximum Gasteiger partial charge on any atom is 0.152 e. The molecular weight excluding hydrogens is 246 g/mol. The van der Waals surface area contributed by atoms with Crippen LogP contribution in [-0.4, -0.2) is 32.0 Å².